The first-order valence-corrected chi connectivity index (χ1v) is 15.1. The minimum atomic E-state index is 1.17. The van der Waals surface area contributed by atoms with E-state index in [1.54, 1.807) is 16.7 Å². The maximum Gasteiger partial charge on any atom is 0.00160 e. The lowest BCUT2D eigenvalue weighted by Gasteiger charge is -2.27. The van der Waals surface area contributed by atoms with Crippen molar-refractivity contribution in [3.8, 4) is 0 Å². The van der Waals surface area contributed by atoms with Crippen LogP contribution in [0.15, 0.2) is 102 Å². The third-order valence-corrected chi connectivity index (χ3v) is 7.71. The quantitative estimate of drug-likeness (QED) is 0.329. The average Bonchev–Trinajstić information content (AvgIpc) is 3.01. The minimum Gasteiger partial charge on any atom is -0.306 e. The van der Waals surface area contributed by atoms with Gasteiger partial charge in [-0.05, 0) is 74.0 Å². The molecule has 208 valence electrons. The Kier molecular flexibility index (Phi) is 13.3. The van der Waals surface area contributed by atoms with Crippen LogP contribution in [0.1, 0.15) is 76.0 Å². The lowest BCUT2D eigenvalue weighted by atomic mass is 9.88. The fraction of sp³-hybridized carbons (Fsp3) is 0.405. The number of allylic oxidation sites excluding steroid dienone is 1. The number of hydrogen-bond donors (Lipinski definition) is 0. The summed E-state index contributed by atoms with van der Waals surface area (Å²) >= 11 is 0. The van der Waals surface area contributed by atoms with E-state index in [0.717, 1.165) is 0 Å². The number of rotatable bonds is 5. The highest BCUT2D eigenvalue weighted by Crippen LogP contribution is 2.32. The molecule has 2 aliphatic rings. The van der Waals surface area contributed by atoms with E-state index in [2.05, 4.69) is 122 Å². The van der Waals surface area contributed by atoms with Crippen molar-refractivity contribution < 1.29 is 0 Å². The topological polar surface area (TPSA) is 6.48 Å². The van der Waals surface area contributed by atoms with Crippen molar-refractivity contribution in [2.45, 2.75) is 59.3 Å². The Morgan fingerprint density at radius 1 is 0.538 bits per heavy atom. The molecule has 2 fully saturated rings. The first-order chi connectivity index (χ1) is 19.2. The highest BCUT2D eigenvalue weighted by atomic mass is 15.1. The normalized spacial score (nSPS) is 15.9. The molecular formula is C37H50N2. The molecule has 0 bridgehead atoms. The Hall–Kier alpha value is -2.94. The summed E-state index contributed by atoms with van der Waals surface area (Å²) in [5, 5.41) is 0. The fourth-order valence-electron chi connectivity index (χ4n) is 5.53. The summed E-state index contributed by atoms with van der Waals surface area (Å²) in [5.41, 5.74) is 10.5. The molecule has 2 saturated heterocycles. The van der Waals surface area contributed by atoms with Crippen LogP contribution < -0.4 is 0 Å². The van der Waals surface area contributed by atoms with Crippen molar-refractivity contribution in [3.05, 3.63) is 119 Å². The van der Waals surface area contributed by atoms with Gasteiger partial charge >= 0.3 is 0 Å². The monoisotopic (exact) mass is 522 g/mol. The summed E-state index contributed by atoms with van der Waals surface area (Å²) in [6.07, 6.45) is 7.32. The molecule has 0 saturated carbocycles. The van der Waals surface area contributed by atoms with Gasteiger partial charge in [-0.2, -0.15) is 0 Å². The van der Waals surface area contributed by atoms with Crippen molar-refractivity contribution in [2.24, 2.45) is 0 Å². The van der Waals surface area contributed by atoms with Crippen LogP contribution in [0.3, 0.4) is 0 Å². The summed E-state index contributed by atoms with van der Waals surface area (Å²) in [7, 11) is 4.43. The molecule has 0 amide bonds. The summed E-state index contributed by atoms with van der Waals surface area (Å²) < 4.78 is 0. The van der Waals surface area contributed by atoms with Gasteiger partial charge in [0.1, 0.15) is 0 Å². The molecule has 0 aliphatic carbocycles. The summed E-state index contributed by atoms with van der Waals surface area (Å²) in [5.74, 6) is 0. The molecule has 3 aromatic rings. The molecule has 0 spiro atoms. The molecule has 2 heteroatoms. The van der Waals surface area contributed by atoms with Crippen LogP contribution in [0.25, 0.3) is 11.1 Å². The second-order valence-corrected chi connectivity index (χ2v) is 10.5. The van der Waals surface area contributed by atoms with Gasteiger partial charge in [0.2, 0.25) is 0 Å². The second-order valence-electron chi connectivity index (χ2n) is 10.5. The van der Waals surface area contributed by atoms with E-state index < -0.39 is 0 Å². The smallest absolute Gasteiger partial charge is 0.00160 e. The van der Waals surface area contributed by atoms with Gasteiger partial charge in [-0.3, -0.25) is 0 Å². The number of likely N-dealkylation sites (tertiary alicyclic amines) is 2. The van der Waals surface area contributed by atoms with Gasteiger partial charge in [0.25, 0.3) is 0 Å². The lowest BCUT2D eigenvalue weighted by molar-refractivity contribution is 0.312. The Labute approximate surface area is 239 Å². The SMILES string of the molecule is CC.CCCC(=C1CCN(C)CC1)c1ccccc1.CN1CCC(=C(c2ccccc2)c2ccccc2)CC1. The zero-order chi connectivity index (χ0) is 27.9. The van der Waals surface area contributed by atoms with E-state index in [0.29, 0.717) is 0 Å². The van der Waals surface area contributed by atoms with Crippen LogP contribution in [-0.2, 0) is 0 Å². The van der Waals surface area contributed by atoms with E-state index in [4.69, 9.17) is 0 Å². The average molecular weight is 523 g/mol. The highest BCUT2D eigenvalue weighted by molar-refractivity contribution is 5.82. The van der Waals surface area contributed by atoms with Crippen molar-refractivity contribution in [1.29, 1.82) is 0 Å². The first kappa shape index (κ1) is 30.6. The van der Waals surface area contributed by atoms with Gasteiger partial charge in [0.15, 0.2) is 0 Å². The second kappa shape index (κ2) is 16.9. The van der Waals surface area contributed by atoms with Crippen LogP contribution in [0.5, 0.6) is 0 Å². The van der Waals surface area contributed by atoms with Crippen molar-refractivity contribution in [1.82, 2.24) is 9.80 Å². The minimum absolute atomic E-state index is 1.17. The highest BCUT2D eigenvalue weighted by Gasteiger charge is 2.17. The van der Waals surface area contributed by atoms with E-state index in [9.17, 15) is 0 Å². The lowest BCUT2D eigenvalue weighted by Crippen LogP contribution is -2.26. The zero-order valence-electron chi connectivity index (χ0n) is 25.1. The van der Waals surface area contributed by atoms with Crippen molar-refractivity contribution in [2.75, 3.05) is 40.3 Å². The van der Waals surface area contributed by atoms with Gasteiger partial charge in [-0.1, -0.05) is 129 Å². The molecule has 0 unspecified atom stereocenters. The molecule has 2 heterocycles. The molecule has 0 aromatic heterocycles. The van der Waals surface area contributed by atoms with E-state index in [1.807, 2.05) is 13.8 Å². The summed E-state index contributed by atoms with van der Waals surface area (Å²) in [6.45, 7) is 11.0. The maximum atomic E-state index is 2.43. The number of benzene rings is 3. The Morgan fingerprint density at radius 2 is 0.897 bits per heavy atom. The molecule has 3 aromatic carbocycles. The van der Waals surface area contributed by atoms with Crippen LogP contribution in [0, 0.1) is 0 Å². The van der Waals surface area contributed by atoms with E-state index >= 15 is 0 Å². The first-order valence-electron chi connectivity index (χ1n) is 15.1. The van der Waals surface area contributed by atoms with Crippen LogP contribution in [-0.4, -0.2) is 50.1 Å². The third kappa shape index (κ3) is 9.34. The third-order valence-electron chi connectivity index (χ3n) is 7.71. The van der Waals surface area contributed by atoms with Crippen LogP contribution in [0.2, 0.25) is 0 Å². The maximum absolute atomic E-state index is 2.43. The molecule has 0 radical (unpaired) electrons. The zero-order valence-corrected chi connectivity index (χ0v) is 25.1. The molecule has 0 N–H and O–H groups in total. The van der Waals surface area contributed by atoms with Gasteiger partial charge < -0.3 is 9.80 Å². The van der Waals surface area contributed by atoms with Crippen molar-refractivity contribution in [3.63, 3.8) is 0 Å². The van der Waals surface area contributed by atoms with Crippen LogP contribution in [0.4, 0.5) is 0 Å². The van der Waals surface area contributed by atoms with Gasteiger partial charge in [0.05, 0.1) is 0 Å². The standard InChI is InChI=1S/C19H21N.C16H23N.C2H6/c1-20-14-12-18(13-15-20)19(16-8-4-2-5-9-16)17-10-6-3-7-11-17;1-3-7-16(14-8-5-4-6-9-14)15-10-12-17(2)13-11-15;1-2/h2-11H,12-15H2,1H3;4-6,8-9H,3,7,10-13H2,1-2H3;1-2H3. The molecule has 39 heavy (non-hydrogen) atoms. The Bertz CT molecular complexity index is 1080. The van der Waals surface area contributed by atoms with Crippen molar-refractivity contribution >= 4 is 11.1 Å². The molecule has 0 atom stereocenters. The predicted octanol–water partition coefficient (Wildman–Crippen LogP) is 9.21. The fourth-order valence-corrected chi connectivity index (χ4v) is 5.53. The van der Waals surface area contributed by atoms with Crippen LogP contribution >= 0.6 is 0 Å². The number of piperidine rings is 2. The Balaban J connectivity index is 0.000000205. The number of hydrogen-bond acceptors (Lipinski definition) is 2. The largest absolute Gasteiger partial charge is 0.306 e. The Morgan fingerprint density at radius 3 is 1.28 bits per heavy atom. The van der Waals surface area contributed by atoms with E-state index in [1.165, 1.54) is 87.0 Å². The van der Waals surface area contributed by atoms with E-state index in [-0.39, 0.29) is 0 Å². The number of nitrogens with zero attached hydrogens (tertiary/aromatic N) is 2. The summed E-state index contributed by atoms with van der Waals surface area (Å²) in [4.78, 5) is 4.84. The van der Waals surface area contributed by atoms with Gasteiger partial charge in [0, 0.05) is 26.2 Å². The predicted molar refractivity (Wildman–Crippen MR) is 172 cm³/mol. The summed E-state index contributed by atoms with van der Waals surface area (Å²) in [6, 6.07) is 32.6. The van der Waals surface area contributed by atoms with Gasteiger partial charge in [-0.25, -0.2) is 0 Å². The molecule has 2 aliphatic heterocycles. The molecule has 2 nitrogen and oxygen atoms in total. The molecule has 5 rings (SSSR count). The molecular weight excluding hydrogens is 472 g/mol. The van der Waals surface area contributed by atoms with Gasteiger partial charge in [-0.15, -0.1) is 0 Å².